The van der Waals surface area contributed by atoms with Crippen LogP contribution < -0.4 is 0 Å². The number of aryl methyl sites for hydroxylation is 1. The molecule has 0 saturated carbocycles. The van der Waals surface area contributed by atoms with Gasteiger partial charge in [-0.05, 0) is 31.1 Å². The molecule has 0 radical (unpaired) electrons. The summed E-state index contributed by atoms with van der Waals surface area (Å²) >= 11 is 0. The summed E-state index contributed by atoms with van der Waals surface area (Å²) in [6.07, 6.45) is 7.19. The molecule has 1 aromatic carbocycles. The van der Waals surface area contributed by atoms with Crippen LogP contribution in [-0.4, -0.2) is 71.4 Å². The van der Waals surface area contributed by atoms with Crippen molar-refractivity contribution in [2.75, 3.05) is 45.9 Å². The molecule has 0 spiro atoms. The van der Waals surface area contributed by atoms with Gasteiger partial charge in [0.15, 0.2) is 0 Å². The first kappa shape index (κ1) is 17.9. The van der Waals surface area contributed by atoms with Crippen LogP contribution in [-0.2, 0) is 9.53 Å². The fourth-order valence-corrected chi connectivity index (χ4v) is 3.55. The topological polar surface area (TPSA) is 50.6 Å². The van der Waals surface area contributed by atoms with Crippen LogP contribution in [0.15, 0.2) is 42.7 Å². The van der Waals surface area contributed by atoms with Gasteiger partial charge in [-0.1, -0.05) is 23.8 Å². The Kier molecular flexibility index (Phi) is 5.36. The van der Waals surface area contributed by atoms with Gasteiger partial charge in [0.1, 0.15) is 0 Å². The van der Waals surface area contributed by atoms with Crippen molar-refractivity contribution in [3.05, 3.63) is 53.9 Å². The number of hydrogen-bond acceptors (Lipinski definition) is 4. The third-order valence-corrected chi connectivity index (χ3v) is 5.27. The Morgan fingerprint density at radius 3 is 2.63 bits per heavy atom. The number of benzene rings is 1. The van der Waals surface area contributed by atoms with Crippen LogP contribution in [0.1, 0.15) is 17.5 Å². The number of morpholine rings is 1. The van der Waals surface area contributed by atoms with Gasteiger partial charge in [-0.2, -0.15) is 5.10 Å². The molecule has 0 aliphatic carbocycles. The Bertz CT molecular complexity index is 819. The molecule has 1 amide bonds. The summed E-state index contributed by atoms with van der Waals surface area (Å²) in [6.45, 7) is 7.02. The molecule has 27 heavy (non-hydrogen) atoms. The van der Waals surface area contributed by atoms with Gasteiger partial charge < -0.3 is 9.64 Å². The van der Waals surface area contributed by atoms with Gasteiger partial charge in [-0.15, -0.1) is 0 Å². The number of nitrogens with zero attached hydrogens (tertiary/aromatic N) is 4. The molecule has 6 nitrogen and oxygen atoms in total. The second-order valence-corrected chi connectivity index (χ2v) is 7.22. The summed E-state index contributed by atoms with van der Waals surface area (Å²) in [6, 6.07) is 8.36. The van der Waals surface area contributed by atoms with Crippen molar-refractivity contribution in [2.45, 2.75) is 13.3 Å². The van der Waals surface area contributed by atoms with E-state index in [0.29, 0.717) is 32.8 Å². The monoisotopic (exact) mass is 366 g/mol. The van der Waals surface area contributed by atoms with E-state index in [-0.39, 0.29) is 5.91 Å². The summed E-state index contributed by atoms with van der Waals surface area (Å²) in [7, 11) is 0. The van der Waals surface area contributed by atoms with E-state index in [1.54, 1.807) is 0 Å². The second kappa shape index (κ2) is 8.06. The van der Waals surface area contributed by atoms with E-state index in [9.17, 15) is 4.79 Å². The summed E-state index contributed by atoms with van der Waals surface area (Å²) in [4.78, 5) is 16.5. The smallest absolute Gasteiger partial charge is 0.236 e. The van der Waals surface area contributed by atoms with Crippen LogP contribution in [0, 0.1) is 6.92 Å². The highest BCUT2D eigenvalue weighted by atomic mass is 16.5. The van der Waals surface area contributed by atoms with Crippen LogP contribution in [0.5, 0.6) is 0 Å². The quantitative estimate of drug-likeness (QED) is 0.832. The first-order valence-electron chi connectivity index (χ1n) is 9.58. The third kappa shape index (κ3) is 4.28. The van der Waals surface area contributed by atoms with Gasteiger partial charge in [-0.3, -0.25) is 9.69 Å². The maximum absolute atomic E-state index is 12.4. The molecule has 142 valence electrons. The van der Waals surface area contributed by atoms with Gasteiger partial charge >= 0.3 is 0 Å². The molecule has 2 aliphatic heterocycles. The molecule has 0 unspecified atom stereocenters. The van der Waals surface area contributed by atoms with E-state index < -0.39 is 0 Å². The standard InChI is InChI=1S/C21H26N4O2/c1-17-2-4-20(5-3-17)25-15-19(14-22-25)18-6-8-23(9-7-18)16-21(26)24-10-12-27-13-11-24/h2-6,14-15H,7-13,16H2,1H3. The van der Waals surface area contributed by atoms with Crippen LogP contribution in [0.3, 0.4) is 0 Å². The summed E-state index contributed by atoms with van der Waals surface area (Å²) in [5, 5.41) is 4.51. The summed E-state index contributed by atoms with van der Waals surface area (Å²) < 4.78 is 7.24. The van der Waals surface area contributed by atoms with E-state index in [2.05, 4.69) is 53.5 Å². The summed E-state index contributed by atoms with van der Waals surface area (Å²) in [5.41, 5.74) is 4.78. The number of carbonyl (C=O) groups excluding carboxylic acids is 1. The molecular weight excluding hydrogens is 340 g/mol. The number of carbonyl (C=O) groups is 1. The maximum Gasteiger partial charge on any atom is 0.236 e. The normalized spacial score (nSPS) is 18.4. The van der Waals surface area contributed by atoms with E-state index in [4.69, 9.17) is 4.74 Å². The Morgan fingerprint density at radius 1 is 1.15 bits per heavy atom. The van der Waals surface area contributed by atoms with Crippen LogP contribution in [0.4, 0.5) is 0 Å². The lowest BCUT2D eigenvalue weighted by atomic mass is 10.0. The van der Waals surface area contributed by atoms with Crippen LogP contribution in [0.25, 0.3) is 11.3 Å². The van der Waals surface area contributed by atoms with Crippen molar-refractivity contribution in [3.63, 3.8) is 0 Å². The Hall–Kier alpha value is -2.44. The van der Waals surface area contributed by atoms with Crippen molar-refractivity contribution in [3.8, 4) is 5.69 Å². The minimum absolute atomic E-state index is 0.211. The molecule has 6 heteroatoms. The Morgan fingerprint density at radius 2 is 1.93 bits per heavy atom. The van der Waals surface area contributed by atoms with E-state index in [1.165, 1.54) is 11.1 Å². The minimum atomic E-state index is 0.211. The van der Waals surface area contributed by atoms with Gasteiger partial charge in [-0.25, -0.2) is 4.68 Å². The molecule has 1 aromatic heterocycles. The SMILES string of the molecule is Cc1ccc(-n2cc(C3=CCN(CC(=O)N4CCOCC4)CC3)cn2)cc1. The Labute approximate surface area is 160 Å². The zero-order valence-electron chi connectivity index (χ0n) is 15.8. The largest absolute Gasteiger partial charge is 0.378 e. The lowest BCUT2D eigenvalue weighted by Crippen LogP contribution is -2.46. The zero-order chi connectivity index (χ0) is 18.6. The number of rotatable bonds is 4. The van der Waals surface area contributed by atoms with Crippen molar-refractivity contribution in [1.29, 1.82) is 0 Å². The molecule has 0 atom stereocenters. The predicted octanol–water partition coefficient (Wildman–Crippen LogP) is 2.13. The third-order valence-electron chi connectivity index (χ3n) is 5.27. The predicted molar refractivity (Wildman–Crippen MR) is 105 cm³/mol. The van der Waals surface area contributed by atoms with Crippen molar-refractivity contribution in [2.24, 2.45) is 0 Å². The van der Waals surface area contributed by atoms with E-state index in [0.717, 1.165) is 30.8 Å². The number of hydrogen-bond donors (Lipinski definition) is 0. The minimum Gasteiger partial charge on any atom is -0.378 e. The van der Waals surface area contributed by atoms with Crippen molar-refractivity contribution < 1.29 is 9.53 Å². The molecule has 1 saturated heterocycles. The zero-order valence-corrected chi connectivity index (χ0v) is 15.8. The molecule has 0 N–H and O–H groups in total. The van der Waals surface area contributed by atoms with Crippen LogP contribution >= 0.6 is 0 Å². The molecule has 3 heterocycles. The van der Waals surface area contributed by atoms with Gasteiger partial charge in [0, 0.05) is 37.9 Å². The van der Waals surface area contributed by atoms with Gasteiger partial charge in [0.2, 0.25) is 5.91 Å². The molecule has 2 aromatic rings. The summed E-state index contributed by atoms with van der Waals surface area (Å²) in [5.74, 6) is 0.211. The lowest BCUT2D eigenvalue weighted by molar-refractivity contribution is -0.136. The van der Waals surface area contributed by atoms with E-state index in [1.807, 2.05) is 15.8 Å². The number of aromatic nitrogens is 2. The molecular formula is C21H26N4O2. The van der Waals surface area contributed by atoms with Crippen molar-refractivity contribution >= 4 is 11.5 Å². The van der Waals surface area contributed by atoms with Crippen LogP contribution in [0.2, 0.25) is 0 Å². The second-order valence-electron chi connectivity index (χ2n) is 7.22. The van der Waals surface area contributed by atoms with Crippen molar-refractivity contribution in [1.82, 2.24) is 19.6 Å². The molecule has 1 fully saturated rings. The highest BCUT2D eigenvalue weighted by Crippen LogP contribution is 2.23. The van der Waals surface area contributed by atoms with E-state index >= 15 is 0 Å². The number of amides is 1. The first-order valence-corrected chi connectivity index (χ1v) is 9.58. The molecule has 2 aliphatic rings. The maximum atomic E-state index is 12.4. The highest BCUT2D eigenvalue weighted by Gasteiger charge is 2.21. The first-order chi connectivity index (χ1) is 13.2. The fourth-order valence-electron chi connectivity index (χ4n) is 3.55. The fraction of sp³-hybridized carbons (Fsp3) is 0.429. The highest BCUT2D eigenvalue weighted by molar-refractivity contribution is 5.78. The van der Waals surface area contributed by atoms with Gasteiger partial charge in [0.25, 0.3) is 0 Å². The van der Waals surface area contributed by atoms with Gasteiger partial charge in [0.05, 0.1) is 31.6 Å². The lowest BCUT2D eigenvalue weighted by Gasteiger charge is -2.31. The average molecular weight is 366 g/mol. The molecule has 0 bridgehead atoms. The average Bonchev–Trinajstić information content (AvgIpc) is 3.20. The number of ether oxygens (including phenoxy) is 1. The molecule has 4 rings (SSSR count). The Balaban J connectivity index is 1.36.